The first kappa shape index (κ1) is 12.1. The van der Waals surface area contributed by atoms with Gasteiger partial charge in [-0.05, 0) is 17.8 Å². The number of aromatic nitrogens is 2. The first-order chi connectivity index (χ1) is 7.52. The van der Waals surface area contributed by atoms with Crippen molar-refractivity contribution in [3.05, 3.63) is 22.5 Å². The lowest BCUT2D eigenvalue weighted by molar-refractivity contribution is -0.397. The molecule has 0 fully saturated rings. The first-order valence-electron chi connectivity index (χ1n) is 4.67. The Morgan fingerprint density at radius 2 is 2.44 bits per heavy atom. The molecule has 16 heavy (non-hydrogen) atoms. The van der Waals surface area contributed by atoms with Gasteiger partial charge in [-0.2, -0.15) is 0 Å². The van der Waals surface area contributed by atoms with E-state index in [-0.39, 0.29) is 12.4 Å². The zero-order valence-electron chi connectivity index (χ0n) is 8.44. The Balaban J connectivity index is 2.58. The molecule has 0 bridgehead atoms. The second-order valence-corrected chi connectivity index (χ2v) is 3.24. The Morgan fingerprint density at radius 3 is 3.00 bits per heavy atom. The molecule has 0 spiro atoms. The Hall–Kier alpha value is -1.96. The highest BCUT2D eigenvalue weighted by Crippen LogP contribution is 2.16. The minimum atomic E-state index is -0.910. The summed E-state index contributed by atoms with van der Waals surface area (Å²) in [6.45, 7) is 0. The molecule has 0 aliphatic heterocycles. The molecule has 1 atom stereocenters. The summed E-state index contributed by atoms with van der Waals surface area (Å²) in [5.41, 5.74) is 5.69. The van der Waals surface area contributed by atoms with Crippen molar-refractivity contribution in [1.29, 1.82) is 0 Å². The quantitative estimate of drug-likeness (QED) is 0.539. The number of nitrogens with two attached hydrogens (primary N) is 1. The average Bonchev–Trinajstić information content (AvgIpc) is 2.65. The van der Waals surface area contributed by atoms with Gasteiger partial charge in [-0.25, -0.2) is 4.57 Å². The summed E-state index contributed by atoms with van der Waals surface area (Å²) in [4.78, 5) is 23.7. The minimum absolute atomic E-state index is 0.00378. The summed E-state index contributed by atoms with van der Waals surface area (Å²) in [5, 5.41) is 19.0. The summed E-state index contributed by atoms with van der Waals surface area (Å²) in [6, 6.07) is 0. The van der Waals surface area contributed by atoms with E-state index in [2.05, 4.69) is 4.98 Å². The van der Waals surface area contributed by atoms with Crippen LogP contribution in [0, 0.1) is 10.1 Å². The van der Waals surface area contributed by atoms with Crippen molar-refractivity contribution in [2.75, 3.05) is 0 Å². The summed E-state index contributed by atoms with van der Waals surface area (Å²) in [7, 11) is 0. The molecule has 0 saturated carbocycles. The number of rotatable bonds is 6. The lowest BCUT2D eigenvalue weighted by Gasteiger charge is -2.09. The molecule has 1 aromatic heterocycles. The standard InChI is InChI=1S/C8H12N4O4/c9-6(2-1-3-7(13)14)11-5-4-10-8(11)12(15)16/h4-6H,1-3,9H2,(H,13,14). The zero-order chi connectivity index (χ0) is 12.1. The third-order valence-electron chi connectivity index (χ3n) is 2.06. The van der Waals surface area contributed by atoms with Crippen LogP contribution >= 0.6 is 0 Å². The Bertz CT molecular complexity index is 389. The van der Waals surface area contributed by atoms with Crippen LogP contribution in [-0.4, -0.2) is 25.6 Å². The van der Waals surface area contributed by atoms with Crippen LogP contribution in [0.4, 0.5) is 5.95 Å². The van der Waals surface area contributed by atoms with Crippen molar-refractivity contribution in [3.63, 3.8) is 0 Å². The fraction of sp³-hybridized carbons (Fsp3) is 0.500. The van der Waals surface area contributed by atoms with E-state index >= 15 is 0 Å². The second-order valence-electron chi connectivity index (χ2n) is 3.24. The number of hydrogen-bond donors (Lipinski definition) is 2. The monoisotopic (exact) mass is 228 g/mol. The highest BCUT2D eigenvalue weighted by atomic mass is 16.6. The zero-order valence-corrected chi connectivity index (χ0v) is 8.44. The van der Waals surface area contributed by atoms with E-state index in [1.165, 1.54) is 17.0 Å². The molecule has 1 aromatic rings. The van der Waals surface area contributed by atoms with Crippen LogP contribution in [0.15, 0.2) is 12.4 Å². The lowest BCUT2D eigenvalue weighted by Crippen LogP contribution is -2.19. The highest BCUT2D eigenvalue weighted by molar-refractivity contribution is 5.66. The fourth-order valence-electron chi connectivity index (χ4n) is 1.31. The molecular weight excluding hydrogens is 216 g/mol. The van der Waals surface area contributed by atoms with E-state index in [0.717, 1.165) is 0 Å². The van der Waals surface area contributed by atoms with Crippen molar-refractivity contribution < 1.29 is 14.8 Å². The van der Waals surface area contributed by atoms with Crippen LogP contribution in [0.2, 0.25) is 0 Å². The number of carboxylic acid groups (broad SMARTS) is 1. The Kier molecular flexibility index (Phi) is 3.95. The van der Waals surface area contributed by atoms with Gasteiger partial charge in [0.05, 0.1) is 0 Å². The average molecular weight is 228 g/mol. The predicted molar refractivity (Wildman–Crippen MR) is 53.6 cm³/mol. The maximum absolute atomic E-state index is 10.5. The number of carboxylic acids is 1. The molecule has 1 rings (SSSR count). The van der Waals surface area contributed by atoms with E-state index in [4.69, 9.17) is 10.8 Å². The van der Waals surface area contributed by atoms with Gasteiger partial charge in [0.15, 0.2) is 0 Å². The van der Waals surface area contributed by atoms with Gasteiger partial charge in [-0.1, -0.05) is 4.98 Å². The summed E-state index contributed by atoms with van der Waals surface area (Å²) < 4.78 is 1.22. The van der Waals surface area contributed by atoms with E-state index in [9.17, 15) is 14.9 Å². The molecule has 0 radical (unpaired) electrons. The van der Waals surface area contributed by atoms with E-state index < -0.39 is 17.1 Å². The normalized spacial score (nSPS) is 12.3. The molecule has 0 aliphatic carbocycles. The van der Waals surface area contributed by atoms with Crippen molar-refractivity contribution in [2.24, 2.45) is 5.73 Å². The second kappa shape index (κ2) is 5.21. The largest absolute Gasteiger partial charge is 0.481 e. The van der Waals surface area contributed by atoms with Crippen molar-refractivity contribution in [1.82, 2.24) is 9.55 Å². The number of nitrogens with zero attached hydrogens (tertiary/aromatic N) is 3. The maximum atomic E-state index is 10.5. The first-order valence-corrected chi connectivity index (χ1v) is 4.67. The molecule has 1 heterocycles. The Labute approximate surface area is 90.8 Å². The lowest BCUT2D eigenvalue weighted by atomic mass is 10.2. The molecule has 0 amide bonds. The van der Waals surface area contributed by atoms with Gasteiger partial charge >= 0.3 is 11.9 Å². The highest BCUT2D eigenvalue weighted by Gasteiger charge is 2.19. The predicted octanol–water partition coefficient (Wildman–Crippen LogP) is 0.504. The van der Waals surface area contributed by atoms with Gasteiger partial charge in [0.25, 0.3) is 0 Å². The van der Waals surface area contributed by atoms with Crippen molar-refractivity contribution >= 4 is 11.9 Å². The number of imidazole rings is 1. The van der Waals surface area contributed by atoms with E-state index in [1.807, 2.05) is 0 Å². The molecular formula is C8H12N4O4. The third kappa shape index (κ3) is 3.02. The van der Waals surface area contributed by atoms with Crippen LogP contribution in [0.25, 0.3) is 0 Å². The summed E-state index contributed by atoms with van der Waals surface area (Å²) in [5.74, 6) is -1.24. The summed E-state index contributed by atoms with van der Waals surface area (Å²) >= 11 is 0. The summed E-state index contributed by atoms with van der Waals surface area (Å²) in [6.07, 6.45) is 2.78. The smallest absolute Gasteiger partial charge is 0.435 e. The topological polar surface area (TPSA) is 124 Å². The molecule has 8 nitrogen and oxygen atoms in total. The van der Waals surface area contributed by atoms with E-state index in [0.29, 0.717) is 12.8 Å². The van der Waals surface area contributed by atoms with Crippen LogP contribution in [0.1, 0.15) is 25.4 Å². The molecule has 0 saturated heterocycles. The molecule has 3 N–H and O–H groups in total. The molecule has 0 aromatic carbocycles. The van der Waals surface area contributed by atoms with Crippen LogP contribution in [-0.2, 0) is 4.79 Å². The van der Waals surface area contributed by atoms with Crippen LogP contribution in [0.5, 0.6) is 0 Å². The van der Waals surface area contributed by atoms with Gasteiger partial charge < -0.3 is 15.2 Å². The van der Waals surface area contributed by atoms with Gasteiger partial charge in [0, 0.05) is 6.42 Å². The van der Waals surface area contributed by atoms with Gasteiger partial charge in [0.1, 0.15) is 18.6 Å². The number of carbonyl (C=O) groups is 1. The molecule has 88 valence electrons. The number of hydrogen-bond acceptors (Lipinski definition) is 5. The van der Waals surface area contributed by atoms with Crippen molar-refractivity contribution in [2.45, 2.75) is 25.4 Å². The SMILES string of the molecule is NC(CCCC(=O)O)n1ccnc1[N+](=O)[O-]. The van der Waals surface area contributed by atoms with E-state index in [1.54, 1.807) is 0 Å². The minimum Gasteiger partial charge on any atom is -0.481 e. The third-order valence-corrected chi connectivity index (χ3v) is 2.06. The number of nitro groups is 1. The molecule has 8 heteroatoms. The van der Waals surface area contributed by atoms with Crippen LogP contribution < -0.4 is 5.73 Å². The molecule has 1 unspecified atom stereocenters. The molecule has 0 aliphatic rings. The van der Waals surface area contributed by atoms with Gasteiger partial charge in [0.2, 0.25) is 0 Å². The Morgan fingerprint density at radius 1 is 1.75 bits per heavy atom. The van der Waals surface area contributed by atoms with Gasteiger partial charge in [-0.3, -0.25) is 10.5 Å². The van der Waals surface area contributed by atoms with Crippen molar-refractivity contribution in [3.8, 4) is 0 Å². The maximum Gasteiger partial charge on any atom is 0.435 e. The van der Waals surface area contributed by atoms with Gasteiger partial charge in [-0.15, -0.1) is 0 Å². The van der Waals surface area contributed by atoms with Crippen LogP contribution in [0.3, 0.4) is 0 Å². The number of aliphatic carboxylic acids is 1. The fourth-order valence-corrected chi connectivity index (χ4v) is 1.31.